The van der Waals surface area contributed by atoms with Gasteiger partial charge in [0.05, 0.1) is 31.7 Å². The van der Waals surface area contributed by atoms with Crippen LogP contribution in [0.4, 0.5) is 28.9 Å². The van der Waals surface area contributed by atoms with Crippen molar-refractivity contribution in [3.8, 4) is 5.75 Å². The molecule has 166 valence electrons. The summed E-state index contributed by atoms with van der Waals surface area (Å²) < 4.78 is 65.7. The Morgan fingerprint density at radius 2 is 1.74 bits per heavy atom. The number of methoxy groups -OCH3 is 1. The van der Waals surface area contributed by atoms with Gasteiger partial charge in [-0.25, -0.2) is 8.78 Å². The van der Waals surface area contributed by atoms with Gasteiger partial charge in [-0.2, -0.15) is 8.78 Å². The van der Waals surface area contributed by atoms with Crippen LogP contribution in [0.2, 0.25) is 5.02 Å². The highest BCUT2D eigenvalue weighted by Gasteiger charge is 2.30. The van der Waals surface area contributed by atoms with E-state index >= 15 is 0 Å². The van der Waals surface area contributed by atoms with Crippen LogP contribution in [0.5, 0.6) is 5.75 Å². The smallest absolute Gasteiger partial charge is 0.263 e. The third-order valence-electron chi connectivity index (χ3n) is 4.44. The predicted octanol–water partition coefficient (Wildman–Crippen LogP) is 3.87. The number of hydrogen-bond donors (Lipinski definition) is 2. The van der Waals surface area contributed by atoms with E-state index in [1.54, 1.807) is 18.2 Å². The summed E-state index contributed by atoms with van der Waals surface area (Å²) in [5, 5.41) is 4.73. The predicted molar refractivity (Wildman–Crippen MR) is 111 cm³/mol. The summed E-state index contributed by atoms with van der Waals surface area (Å²) in [6.07, 6.45) is 0. The van der Waals surface area contributed by atoms with Crippen LogP contribution in [0.1, 0.15) is 10.4 Å². The third kappa shape index (κ3) is 4.83. The minimum absolute atomic E-state index is 0.364. The van der Waals surface area contributed by atoms with Gasteiger partial charge in [0.15, 0.2) is 22.5 Å². The Balaban J connectivity index is 1.82. The molecule has 0 spiro atoms. The van der Waals surface area contributed by atoms with E-state index in [0.29, 0.717) is 42.7 Å². The molecule has 0 saturated carbocycles. The molecule has 31 heavy (non-hydrogen) atoms. The maximum atomic E-state index is 14.2. The Morgan fingerprint density at radius 1 is 1.13 bits per heavy atom. The fraction of sp³-hybridized carbons (Fsp3) is 0.263. The molecule has 0 bridgehead atoms. The molecule has 0 aliphatic carbocycles. The van der Waals surface area contributed by atoms with Gasteiger partial charge >= 0.3 is 0 Å². The number of benzene rings is 2. The van der Waals surface area contributed by atoms with Crippen LogP contribution in [0.15, 0.2) is 18.2 Å². The van der Waals surface area contributed by atoms with Gasteiger partial charge in [-0.1, -0.05) is 11.6 Å². The highest BCUT2D eigenvalue weighted by atomic mass is 35.5. The van der Waals surface area contributed by atoms with Gasteiger partial charge in [-0.15, -0.1) is 0 Å². The van der Waals surface area contributed by atoms with E-state index in [1.165, 1.54) is 0 Å². The van der Waals surface area contributed by atoms with E-state index in [9.17, 15) is 22.4 Å². The van der Waals surface area contributed by atoms with E-state index < -0.39 is 40.5 Å². The minimum atomic E-state index is -1.91. The van der Waals surface area contributed by atoms with Crippen LogP contribution in [0, 0.1) is 23.3 Å². The molecule has 0 atom stereocenters. The van der Waals surface area contributed by atoms with Gasteiger partial charge in [-0.3, -0.25) is 10.1 Å². The van der Waals surface area contributed by atoms with E-state index in [1.807, 2.05) is 10.2 Å². The number of nitrogens with zero attached hydrogens (tertiary/aromatic N) is 1. The average molecular weight is 478 g/mol. The first kappa shape index (κ1) is 23.0. The van der Waals surface area contributed by atoms with Crippen LogP contribution in [0.3, 0.4) is 0 Å². The Hall–Kier alpha value is -2.63. The van der Waals surface area contributed by atoms with Crippen LogP contribution in [-0.2, 0) is 4.74 Å². The number of carbonyl (C=O) groups excluding carboxylic acids is 1. The molecule has 12 heteroatoms. The third-order valence-corrected chi connectivity index (χ3v) is 4.88. The molecule has 3 rings (SSSR count). The minimum Gasteiger partial charge on any atom is -0.491 e. The Labute approximate surface area is 185 Å². The van der Waals surface area contributed by atoms with E-state index in [2.05, 4.69) is 10.1 Å². The van der Waals surface area contributed by atoms with Crippen molar-refractivity contribution in [3.63, 3.8) is 0 Å². The molecule has 0 unspecified atom stereocenters. The van der Waals surface area contributed by atoms with Crippen molar-refractivity contribution >= 4 is 46.2 Å². The summed E-state index contributed by atoms with van der Waals surface area (Å²) >= 11 is 11.1. The van der Waals surface area contributed by atoms with Crippen molar-refractivity contribution in [3.05, 3.63) is 52.1 Å². The van der Waals surface area contributed by atoms with Crippen LogP contribution in [0.25, 0.3) is 0 Å². The molecule has 2 N–H and O–H groups in total. The molecule has 0 radical (unpaired) electrons. The second-order valence-electron chi connectivity index (χ2n) is 6.33. The quantitative estimate of drug-likeness (QED) is 0.396. The molecular formula is C19H16ClF4N3O3S. The zero-order chi connectivity index (χ0) is 22.7. The second-order valence-corrected chi connectivity index (χ2v) is 7.18. The van der Waals surface area contributed by atoms with Crippen molar-refractivity contribution in [2.75, 3.05) is 43.6 Å². The zero-order valence-electron chi connectivity index (χ0n) is 16.0. The second kappa shape index (κ2) is 9.67. The molecule has 1 saturated heterocycles. The summed E-state index contributed by atoms with van der Waals surface area (Å²) in [7, 11) is 0.830. The van der Waals surface area contributed by atoms with Crippen molar-refractivity contribution in [1.82, 2.24) is 5.32 Å². The van der Waals surface area contributed by atoms with Crippen molar-refractivity contribution in [2.24, 2.45) is 0 Å². The lowest BCUT2D eigenvalue weighted by Crippen LogP contribution is -2.38. The summed E-state index contributed by atoms with van der Waals surface area (Å²) in [5.41, 5.74) is -0.365. The molecule has 2 aromatic rings. The lowest BCUT2D eigenvalue weighted by molar-refractivity contribution is 0.0966. The van der Waals surface area contributed by atoms with Crippen LogP contribution < -0.4 is 20.3 Å². The van der Waals surface area contributed by atoms with E-state index in [0.717, 1.165) is 7.11 Å². The maximum absolute atomic E-state index is 14.2. The molecule has 1 aliphatic heterocycles. The van der Waals surface area contributed by atoms with E-state index in [-0.39, 0.29) is 5.11 Å². The molecule has 0 aromatic heterocycles. The normalized spacial score (nSPS) is 13.7. The number of halogens is 5. The number of ether oxygens (including phenoxy) is 2. The Morgan fingerprint density at radius 3 is 2.32 bits per heavy atom. The molecule has 1 heterocycles. The fourth-order valence-electron chi connectivity index (χ4n) is 3.00. The topological polar surface area (TPSA) is 62.8 Å². The standard InChI is InChI=1S/C19H16ClF4N3O3S/c1-29-17-15(23)13(21)12(14(22)16(17)24)18(28)26-19(31)25-10-8-9(20)2-3-11(10)27-4-6-30-7-5-27/h2-3,8H,4-7H2,1H3,(H2,25,26,28,31). The van der Waals surface area contributed by atoms with Crippen molar-refractivity contribution in [1.29, 1.82) is 0 Å². The highest BCUT2D eigenvalue weighted by Crippen LogP contribution is 2.31. The monoisotopic (exact) mass is 477 g/mol. The summed E-state index contributed by atoms with van der Waals surface area (Å²) in [6.45, 7) is 2.21. The molecule has 2 aromatic carbocycles. The number of amides is 1. The Kier molecular flexibility index (Phi) is 7.19. The van der Waals surface area contributed by atoms with Gasteiger partial charge in [0, 0.05) is 18.1 Å². The first-order valence-corrected chi connectivity index (χ1v) is 9.67. The number of thiocarbonyl (C=S) groups is 1. The number of carbonyl (C=O) groups is 1. The lowest BCUT2D eigenvalue weighted by atomic mass is 10.1. The van der Waals surface area contributed by atoms with Crippen LogP contribution in [-0.4, -0.2) is 44.4 Å². The van der Waals surface area contributed by atoms with Crippen LogP contribution >= 0.6 is 23.8 Å². The van der Waals surface area contributed by atoms with Gasteiger partial charge in [0.25, 0.3) is 5.91 Å². The first-order chi connectivity index (χ1) is 14.7. The highest BCUT2D eigenvalue weighted by molar-refractivity contribution is 7.80. The average Bonchev–Trinajstić information content (AvgIpc) is 2.73. The molecular weight excluding hydrogens is 462 g/mol. The lowest BCUT2D eigenvalue weighted by Gasteiger charge is -2.30. The largest absolute Gasteiger partial charge is 0.491 e. The number of rotatable bonds is 4. The van der Waals surface area contributed by atoms with E-state index in [4.69, 9.17) is 28.6 Å². The Bertz CT molecular complexity index is 1010. The molecule has 6 nitrogen and oxygen atoms in total. The number of hydrogen-bond acceptors (Lipinski definition) is 5. The maximum Gasteiger partial charge on any atom is 0.263 e. The first-order valence-electron chi connectivity index (χ1n) is 8.89. The van der Waals surface area contributed by atoms with Gasteiger partial charge in [0.1, 0.15) is 5.56 Å². The van der Waals surface area contributed by atoms with Gasteiger partial charge < -0.3 is 19.7 Å². The summed E-state index contributed by atoms with van der Waals surface area (Å²) in [5.74, 6) is -10.3. The SMILES string of the molecule is COc1c(F)c(F)c(C(=O)NC(=S)Nc2cc(Cl)ccc2N2CCOCC2)c(F)c1F. The van der Waals surface area contributed by atoms with Crippen molar-refractivity contribution in [2.45, 2.75) is 0 Å². The number of nitrogens with one attached hydrogen (secondary N) is 2. The van der Waals surface area contributed by atoms with Gasteiger partial charge in [0.2, 0.25) is 11.6 Å². The summed E-state index contributed by atoms with van der Waals surface area (Å²) in [4.78, 5) is 14.3. The molecule has 1 fully saturated rings. The summed E-state index contributed by atoms with van der Waals surface area (Å²) in [6, 6.07) is 4.93. The molecule has 1 amide bonds. The zero-order valence-corrected chi connectivity index (χ0v) is 17.6. The van der Waals surface area contributed by atoms with Gasteiger partial charge in [-0.05, 0) is 30.4 Å². The fourth-order valence-corrected chi connectivity index (χ4v) is 3.37. The number of anilines is 2. The molecule has 1 aliphatic rings. The number of morpholine rings is 1. The van der Waals surface area contributed by atoms with Crippen molar-refractivity contribution < 1.29 is 31.8 Å².